The van der Waals surface area contributed by atoms with Gasteiger partial charge in [-0.15, -0.1) is 11.3 Å². The van der Waals surface area contributed by atoms with E-state index in [-0.39, 0.29) is 35.0 Å². The molecule has 0 aliphatic carbocycles. The van der Waals surface area contributed by atoms with E-state index in [1.807, 2.05) is 0 Å². The average molecular weight is 452 g/mol. The van der Waals surface area contributed by atoms with E-state index in [4.69, 9.17) is 4.74 Å². The van der Waals surface area contributed by atoms with Gasteiger partial charge < -0.3 is 15.0 Å². The summed E-state index contributed by atoms with van der Waals surface area (Å²) in [5.41, 5.74) is 1.00. The normalized spacial score (nSPS) is 15.6. The fraction of sp³-hybridized carbons (Fsp3) is 0.400. The van der Waals surface area contributed by atoms with Crippen LogP contribution in [0.4, 0.5) is 5.69 Å². The molecule has 2 aromatic rings. The van der Waals surface area contributed by atoms with Gasteiger partial charge in [0.25, 0.3) is 15.9 Å². The highest BCUT2D eigenvalue weighted by molar-refractivity contribution is 7.91. The van der Waals surface area contributed by atoms with E-state index in [1.165, 1.54) is 15.3 Å². The first-order valence-corrected chi connectivity index (χ1v) is 11.8. The number of anilines is 1. The molecule has 1 saturated heterocycles. The fourth-order valence-corrected chi connectivity index (χ4v) is 6.03. The van der Waals surface area contributed by atoms with Crippen molar-refractivity contribution in [1.82, 2.24) is 9.21 Å². The third-order valence-electron chi connectivity index (χ3n) is 4.98. The molecule has 0 unspecified atom stereocenters. The lowest BCUT2D eigenvalue weighted by Gasteiger charge is -2.30. The van der Waals surface area contributed by atoms with Crippen LogP contribution >= 0.6 is 11.3 Å². The number of rotatable bonds is 6. The Morgan fingerprint density at radius 1 is 1.20 bits per heavy atom. The molecule has 8 nitrogen and oxygen atoms in total. The molecule has 1 N–H and O–H groups in total. The second-order valence-electron chi connectivity index (χ2n) is 7.25. The number of piperidine rings is 1. The van der Waals surface area contributed by atoms with Crippen molar-refractivity contribution in [3.63, 3.8) is 0 Å². The van der Waals surface area contributed by atoms with Crippen LogP contribution in [0, 0.1) is 5.92 Å². The summed E-state index contributed by atoms with van der Waals surface area (Å²) < 4.78 is 32.5. The summed E-state index contributed by atoms with van der Waals surface area (Å²) >= 11 is 1.04. The van der Waals surface area contributed by atoms with Gasteiger partial charge in [0.1, 0.15) is 9.96 Å². The minimum Gasteiger partial charge on any atom is -0.497 e. The summed E-state index contributed by atoms with van der Waals surface area (Å²) in [6.07, 6.45) is 0.869. The van der Waals surface area contributed by atoms with Gasteiger partial charge in [0.15, 0.2) is 0 Å². The number of benzene rings is 1. The third kappa shape index (κ3) is 4.82. The molecule has 2 amide bonds. The second-order valence-corrected chi connectivity index (χ2v) is 10.3. The van der Waals surface area contributed by atoms with Gasteiger partial charge in [-0.2, -0.15) is 4.31 Å². The first-order valence-electron chi connectivity index (χ1n) is 9.47. The molecule has 1 aliphatic heterocycles. The van der Waals surface area contributed by atoms with Crippen LogP contribution < -0.4 is 10.1 Å². The second kappa shape index (κ2) is 9.15. The fourth-order valence-electron chi connectivity index (χ4n) is 3.25. The monoisotopic (exact) mass is 451 g/mol. The Morgan fingerprint density at radius 2 is 1.90 bits per heavy atom. The minimum absolute atomic E-state index is 0.129. The molecular formula is C20H25N3O5S2. The molecule has 0 spiro atoms. The minimum atomic E-state index is -3.68. The van der Waals surface area contributed by atoms with Crippen molar-refractivity contribution in [2.24, 2.45) is 5.92 Å². The summed E-state index contributed by atoms with van der Waals surface area (Å²) in [4.78, 5) is 26.0. The van der Waals surface area contributed by atoms with Crippen molar-refractivity contribution in [2.75, 3.05) is 39.6 Å². The summed E-state index contributed by atoms with van der Waals surface area (Å²) in [6, 6.07) is 8.52. The van der Waals surface area contributed by atoms with E-state index in [0.717, 1.165) is 11.3 Å². The van der Waals surface area contributed by atoms with Crippen LogP contribution in [0.2, 0.25) is 0 Å². The topological polar surface area (TPSA) is 96.0 Å². The lowest BCUT2D eigenvalue weighted by Crippen LogP contribution is -2.41. The molecule has 162 valence electrons. The first-order chi connectivity index (χ1) is 14.2. The van der Waals surface area contributed by atoms with E-state index in [0.29, 0.717) is 29.8 Å². The number of sulfonamides is 1. The average Bonchev–Trinajstić information content (AvgIpc) is 3.24. The highest BCUT2D eigenvalue weighted by atomic mass is 32.2. The number of nitrogens with zero attached hydrogens (tertiary/aromatic N) is 2. The molecule has 0 saturated carbocycles. The Hall–Kier alpha value is -2.43. The molecule has 3 rings (SSSR count). The molecular weight excluding hydrogens is 426 g/mol. The smallest absolute Gasteiger partial charge is 0.254 e. The number of thiophene rings is 1. The van der Waals surface area contributed by atoms with Crippen molar-refractivity contribution in [3.8, 4) is 5.75 Å². The number of amides is 2. The predicted molar refractivity (Wildman–Crippen MR) is 115 cm³/mol. The van der Waals surface area contributed by atoms with Crippen LogP contribution in [0.3, 0.4) is 0 Å². The number of hydrogen-bond acceptors (Lipinski definition) is 6. The Bertz CT molecular complexity index is 1020. The summed E-state index contributed by atoms with van der Waals surface area (Å²) in [6.45, 7) is 0.515. The van der Waals surface area contributed by atoms with Gasteiger partial charge in [-0.25, -0.2) is 8.42 Å². The number of hydrogen-bond donors (Lipinski definition) is 1. The molecule has 1 aliphatic rings. The number of methoxy groups -OCH3 is 1. The Morgan fingerprint density at radius 3 is 2.53 bits per heavy atom. The van der Waals surface area contributed by atoms with Crippen molar-refractivity contribution in [3.05, 3.63) is 41.3 Å². The summed E-state index contributed by atoms with van der Waals surface area (Å²) in [5, 5.41) is 4.43. The van der Waals surface area contributed by atoms with Gasteiger partial charge in [-0.1, -0.05) is 6.07 Å². The zero-order valence-corrected chi connectivity index (χ0v) is 18.8. The molecule has 2 heterocycles. The van der Waals surface area contributed by atoms with E-state index in [2.05, 4.69) is 5.32 Å². The van der Waals surface area contributed by atoms with Crippen LogP contribution in [-0.4, -0.2) is 63.7 Å². The molecule has 1 aromatic heterocycles. The highest BCUT2D eigenvalue weighted by Crippen LogP contribution is 2.29. The van der Waals surface area contributed by atoms with Gasteiger partial charge in [0.05, 0.1) is 12.7 Å². The first kappa shape index (κ1) is 22.3. The molecule has 0 atom stereocenters. The van der Waals surface area contributed by atoms with Crippen LogP contribution in [0.5, 0.6) is 5.75 Å². The largest absolute Gasteiger partial charge is 0.497 e. The van der Waals surface area contributed by atoms with Gasteiger partial charge >= 0.3 is 0 Å². The van der Waals surface area contributed by atoms with E-state index in [1.54, 1.807) is 50.9 Å². The molecule has 1 fully saturated rings. The van der Waals surface area contributed by atoms with Gasteiger partial charge in [0.2, 0.25) is 5.91 Å². The molecule has 0 bridgehead atoms. The van der Waals surface area contributed by atoms with E-state index < -0.39 is 10.0 Å². The van der Waals surface area contributed by atoms with Crippen molar-refractivity contribution in [2.45, 2.75) is 17.1 Å². The number of carbonyl (C=O) groups is 2. The summed E-state index contributed by atoms with van der Waals surface area (Å²) in [7, 11) is 1.12. The van der Waals surface area contributed by atoms with Crippen LogP contribution in [0.1, 0.15) is 23.2 Å². The molecule has 1 aromatic carbocycles. The maximum atomic E-state index is 12.9. The Balaban J connectivity index is 1.61. The van der Waals surface area contributed by atoms with Gasteiger partial charge in [0, 0.05) is 50.2 Å². The van der Waals surface area contributed by atoms with Gasteiger partial charge in [-0.05, 0) is 31.0 Å². The van der Waals surface area contributed by atoms with Crippen molar-refractivity contribution >= 4 is 38.9 Å². The quantitative estimate of drug-likeness (QED) is 0.728. The van der Waals surface area contributed by atoms with Crippen molar-refractivity contribution in [1.29, 1.82) is 0 Å². The Kier molecular flexibility index (Phi) is 6.79. The van der Waals surface area contributed by atoms with E-state index in [9.17, 15) is 18.0 Å². The van der Waals surface area contributed by atoms with Crippen LogP contribution in [-0.2, 0) is 14.8 Å². The number of ether oxygens (including phenoxy) is 1. The lowest BCUT2D eigenvalue weighted by molar-refractivity contribution is -0.120. The lowest BCUT2D eigenvalue weighted by atomic mass is 9.97. The van der Waals surface area contributed by atoms with Crippen molar-refractivity contribution < 1.29 is 22.7 Å². The molecule has 10 heteroatoms. The van der Waals surface area contributed by atoms with Crippen LogP contribution in [0.25, 0.3) is 0 Å². The standard InChI is InChI=1S/C20H25N3O5S2/c1-22(2)20(25)15-11-18(29-13-15)30(26,27)23-9-7-14(8-10-23)19(24)21-16-5-4-6-17(12-16)28-3/h4-6,11-14H,7-10H2,1-3H3,(H,21,24). The zero-order valence-electron chi connectivity index (χ0n) is 17.1. The van der Waals surface area contributed by atoms with E-state index >= 15 is 0 Å². The highest BCUT2D eigenvalue weighted by Gasteiger charge is 2.33. The zero-order chi connectivity index (χ0) is 21.9. The third-order valence-corrected chi connectivity index (χ3v) is 8.30. The SMILES string of the molecule is COc1cccc(NC(=O)C2CCN(S(=O)(=O)c3cc(C(=O)N(C)C)cs3)CC2)c1. The van der Waals surface area contributed by atoms with Gasteiger partial charge in [-0.3, -0.25) is 9.59 Å². The predicted octanol–water partition coefficient (Wildman–Crippen LogP) is 2.50. The Labute approximate surface area is 180 Å². The number of nitrogens with one attached hydrogen (secondary N) is 1. The maximum absolute atomic E-state index is 12.9. The van der Waals surface area contributed by atoms with Crippen LogP contribution in [0.15, 0.2) is 39.9 Å². The molecule has 0 radical (unpaired) electrons. The summed E-state index contributed by atoms with van der Waals surface area (Å²) in [5.74, 6) is 0.0181. The number of carbonyl (C=O) groups excluding carboxylic acids is 2. The maximum Gasteiger partial charge on any atom is 0.254 e. The molecule has 30 heavy (non-hydrogen) atoms.